The van der Waals surface area contributed by atoms with E-state index in [0.29, 0.717) is 0 Å². The van der Waals surface area contributed by atoms with Crippen LogP contribution in [-0.4, -0.2) is 55.2 Å². The van der Waals surface area contributed by atoms with Crippen molar-refractivity contribution >= 4 is 17.9 Å². The lowest BCUT2D eigenvalue weighted by molar-refractivity contribution is -0.356. The van der Waals surface area contributed by atoms with Gasteiger partial charge in [0.1, 0.15) is 12.2 Å². The van der Waals surface area contributed by atoms with Gasteiger partial charge in [-0.1, -0.05) is 30.3 Å². The fraction of sp³-hybridized carbons (Fsp3) is 0.526. The molecule has 1 aromatic rings. The van der Waals surface area contributed by atoms with Crippen molar-refractivity contribution in [1.82, 2.24) is 0 Å². The lowest BCUT2D eigenvalue weighted by Crippen LogP contribution is -2.64. The highest BCUT2D eigenvalue weighted by Gasteiger charge is 2.54. The van der Waals surface area contributed by atoms with Gasteiger partial charge in [0.15, 0.2) is 12.4 Å². The first-order valence-corrected chi connectivity index (χ1v) is 8.84. The zero-order valence-electron chi connectivity index (χ0n) is 15.7. The molecule has 0 aromatic heterocycles. The average molecular weight is 394 g/mol. The molecule has 2 saturated heterocycles. The van der Waals surface area contributed by atoms with Crippen molar-refractivity contribution in [2.45, 2.75) is 57.8 Å². The molecule has 1 aromatic carbocycles. The Morgan fingerprint density at radius 2 is 1.46 bits per heavy atom. The minimum Gasteiger partial charge on any atom is -0.455 e. The topological polar surface area (TPSA) is 107 Å². The summed E-state index contributed by atoms with van der Waals surface area (Å²) in [5, 5.41) is 0. The van der Waals surface area contributed by atoms with Crippen molar-refractivity contribution < 1.29 is 42.8 Å². The fourth-order valence-corrected chi connectivity index (χ4v) is 3.23. The monoisotopic (exact) mass is 394 g/mol. The van der Waals surface area contributed by atoms with Crippen molar-refractivity contribution in [2.24, 2.45) is 0 Å². The summed E-state index contributed by atoms with van der Waals surface area (Å²) in [7, 11) is 0. The molecule has 0 amide bonds. The quantitative estimate of drug-likeness (QED) is 0.551. The summed E-state index contributed by atoms with van der Waals surface area (Å²) >= 11 is 0. The molecule has 0 unspecified atom stereocenters. The van der Waals surface area contributed by atoms with Crippen molar-refractivity contribution in [3.63, 3.8) is 0 Å². The van der Waals surface area contributed by atoms with Gasteiger partial charge in [0.25, 0.3) is 0 Å². The summed E-state index contributed by atoms with van der Waals surface area (Å²) in [5.74, 6) is -1.88. The largest absolute Gasteiger partial charge is 0.455 e. The molecule has 0 N–H and O–H groups in total. The van der Waals surface area contributed by atoms with E-state index in [1.165, 1.54) is 20.8 Å². The second-order valence-electron chi connectivity index (χ2n) is 6.48. The number of rotatable bonds is 4. The summed E-state index contributed by atoms with van der Waals surface area (Å²) < 4.78 is 33.3. The maximum Gasteiger partial charge on any atom is 0.305 e. The van der Waals surface area contributed by atoms with E-state index in [0.717, 1.165) is 5.56 Å². The molecule has 2 fully saturated rings. The third-order valence-corrected chi connectivity index (χ3v) is 4.24. The van der Waals surface area contributed by atoms with Crippen LogP contribution in [0.4, 0.5) is 0 Å². The Labute approximate surface area is 161 Å². The predicted octanol–water partition coefficient (Wildman–Crippen LogP) is 1.25. The van der Waals surface area contributed by atoms with Crippen LogP contribution in [-0.2, 0) is 42.8 Å². The molecule has 3 rings (SSSR count). The van der Waals surface area contributed by atoms with Crippen LogP contribution in [0.1, 0.15) is 32.6 Å². The average Bonchev–Trinajstić information content (AvgIpc) is 2.64. The molecule has 9 heteroatoms. The van der Waals surface area contributed by atoms with Crippen LogP contribution in [0, 0.1) is 0 Å². The van der Waals surface area contributed by atoms with Crippen molar-refractivity contribution in [1.29, 1.82) is 0 Å². The van der Waals surface area contributed by atoms with Gasteiger partial charge >= 0.3 is 17.9 Å². The Morgan fingerprint density at radius 3 is 2.07 bits per heavy atom. The van der Waals surface area contributed by atoms with E-state index in [2.05, 4.69) is 0 Å². The minimum atomic E-state index is -1.26. The van der Waals surface area contributed by atoms with Gasteiger partial charge in [-0.3, -0.25) is 14.4 Å². The first-order valence-electron chi connectivity index (χ1n) is 8.84. The van der Waals surface area contributed by atoms with Gasteiger partial charge in [-0.05, 0) is 0 Å². The van der Waals surface area contributed by atoms with Gasteiger partial charge in [-0.25, -0.2) is 0 Å². The molecule has 2 aliphatic rings. The number of fused-ring (bicyclic) bond motifs is 1. The highest BCUT2D eigenvalue weighted by Crippen LogP contribution is 2.36. The van der Waals surface area contributed by atoms with Gasteiger partial charge in [0, 0.05) is 26.3 Å². The maximum atomic E-state index is 11.7. The van der Waals surface area contributed by atoms with Gasteiger partial charge < -0.3 is 28.4 Å². The van der Waals surface area contributed by atoms with E-state index in [4.69, 9.17) is 28.4 Å². The Kier molecular flexibility index (Phi) is 6.28. The summed E-state index contributed by atoms with van der Waals surface area (Å²) in [6.07, 6.45) is -5.68. The zero-order valence-corrected chi connectivity index (χ0v) is 15.7. The number of esters is 3. The molecule has 2 heterocycles. The first-order chi connectivity index (χ1) is 13.3. The number of benzene rings is 1. The Hall–Kier alpha value is -2.49. The predicted molar refractivity (Wildman–Crippen MR) is 91.5 cm³/mol. The molecule has 0 saturated carbocycles. The van der Waals surface area contributed by atoms with E-state index in [1.807, 2.05) is 30.3 Å². The third kappa shape index (κ3) is 4.67. The lowest BCUT2D eigenvalue weighted by atomic mass is 9.97. The molecule has 0 aliphatic carbocycles. The van der Waals surface area contributed by atoms with E-state index in [-0.39, 0.29) is 6.61 Å². The van der Waals surface area contributed by atoms with Crippen molar-refractivity contribution in [3.8, 4) is 0 Å². The summed E-state index contributed by atoms with van der Waals surface area (Å²) in [6.45, 7) is 3.72. The standard InChI is InChI=1S/C19H22O9/c1-10(20)24-16-15-14(9-23-18(28-15)13-7-5-4-6-8-13)27-19(26-12(3)22)17(16)25-11(2)21/h4-8,14-19H,9H2,1-3H3/t14-,15-,16+,17+,18-,19+/m1/s1. The van der Waals surface area contributed by atoms with Gasteiger partial charge in [0.2, 0.25) is 12.4 Å². The molecular formula is C19H22O9. The molecule has 152 valence electrons. The van der Waals surface area contributed by atoms with Gasteiger partial charge in [-0.2, -0.15) is 0 Å². The Bertz CT molecular complexity index is 719. The molecule has 0 spiro atoms. The number of carbonyl (C=O) groups excluding carboxylic acids is 3. The van der Waals surface area contributed by atoms with Crippen LogP contribution in [0.3, 0.4) is 0 Å². The van der Waals surface area contributed by atoms with E-state index >= 15 is 0 Å². The maximum absolute atomic E-state index is 11.7. The summed E-state index contributed by atoms with van der Waals surface area (Å²) in [6, 6.07) is 9.21. The molecule has 0 bridgehead atoms. The number of carbonyl (C=O) groups is 3. The van der Waals surface area contributed by atoms with E-state index in [1.54, 1.807) is 0 Å². The van der Waals surface area contributed by atoms with Crippen LogP contribution in [0.15, 0.2) is 30.3 Å². The molecule has 6 atom stereocenters. The van der Waals surface area contributed by atoms with Crippen molar-refractivity contribution in [3.05, 3.63) is 35.9 Å². The summed E-state index contributed by atoms with van der Waals surface area (Å²) in [4.78, 5) is 34.8. The number of hydrogen-bond donors (Lipinski definition) is 0. The van der Waals surface area contributed by atoms with Crippen molar-refractivity contribution in [2.75, 3.05) is 6.61 Å². The number of ether oxygens (including phenoxy) is 6. The van der Waals surface area contributed by atoms with Gasteiger partial charge in [-0.15, -0.1) is 0 Å². The smallest absolute Gasteiger partial charge is 0.305 e. The fourth-order valence-electron chi connectivity index (χ4n) is 3.23. The van der Waals surface area contributed by atoms with Crippen LogP contribution < -0.4 is 0 Å². The first kappa shape index (κ1) is 20.2. The zero-order chi connectivity index (χ0) is 20.3. The molecule has 9 nitrogen and oxygen atoms in total. The van der Waals surface area contributed by atoms with Crippen LogP contribution in [0.2, 0.25) is 0 Å². The van der Waals surface area contributed by atoms with Crippen LogP contribution >= 0.6 is 0 Å². The molecular weight excluding hydrogens is 372 g/mol. The lowest BCUT2D eigenvalue weighted by Gasteiger charge is -2.47. The third-order valence-electron chi connectivity index (χ3n) is 4.24. The van der Waals surface area contributed by atoms with E-state index < -0.39 is 54.9 Å². The van der Waals surface area contributed by atoms with Crippen LogP contribution in [0.25, 0.3) is 0 Å². The molecule has 0 radical (unpaired) electrons. The Balaban J connectivity index is 1.88. The number of hydrogen-bond acceptors (Lipinski definition) is 9. The SMILES string of the molecule is CC(=O)O[C@H]1O[C@@H]2CO[C@@H](c3ccccc3)O[C@H]2[C@H](OC(C)=O)[C@@H]1OC(C)=O. The summed E-state index contributed by atoms with van der Waals surface area (Å²) in [5.41, 5.74) is 0.772. The second kappa shape index (κ2) is 8.68. The molecule has 28 heavy (non-hydrogen) atoms. The highest BCUT2D eigenvalue weighted by molar-refractivity contribution is 5.68. The normalized spacial score (nSPS) is 32.0. The highest BCUT2D eigenvalue weighted by atomic mass is 16.8. The Morgan fingerprint density at radius 1 is 0.857 bits per heavy atom. The van der Waals surface area contributed by atoms with Crippen LogP contribution in [0.5, 0.6) is 0 Å². The van der Waals surface area contributed by atoms with Gasteiger partial charge in [0.05, 0.1) is 6.61 Å². The second-order valence-corrected chi connectivity index (χ2v) is 6.48. The minimum absolute atomic E-state index is 0.104. The van der Waals surface area contributed by atoms with E-state index in [9.17, 15) is 14.4 Å². The molecule has 2 aliphatic heterocycles.